The Morgan fingerprint density at radius 3 is 2.41 bits per heavy atom. The molecule has 1 aliphatic rings. The first kappa shape index (κ1) is 22.3. The molecule has 0 aliphatic carbocycles. The third-order valence-corrected chi connectivity index (χ3v) is 5.60. The summed E-state index contributed by atoms with van der Waals surface area (Å²) >= 11 is 0. The van der Waals surface area contributed by atoms with Crippen LogP contribution in [0.1, 0.15) is 23.1 Å². The molecule has 2 heterocycles. The molecule has 0 saturated carbocycles. The number of hydrogen-bond acceptors (Lipinski definition) is 7. The number of β-amino-alcohol motifs (C(OH)–C–C–N with tert-alkyl or cyclic N) is 1. The number of rotatable bonds is 8. The molecule has 3 aromatic rings. The maximum atomic E-state index is 12.3. The second-order valence-electron chi connectivity index (χ2n) is 7.87. The van der Waals surface area contributed by atoms with Crippen LogP contribution >= 0.6 is 0 Å². The number of ether oxygens (including phenoxy) is 1. The smallest absolute Gasteiger partial charge is 0.387 e. The van der Waals surface area contributed by atoms with Crippen LogP contribution in [0.25, 0.3) is 11.4 Å². The van der Waals surface area contributed by atoms with Crippen molar-refractivity contribution in [1.82, 2.24) is 19.9 Å². The zero-order chi connectivity index (χ0) is 22.5. The molecule has 170 valence electrons. The van der Waals surface area contributed by atoms with E-state index in [1.807, 2.05) is 31.2 Å². The molecule has 1 aromatic heterocycles. The highest BCUT2D eigenvalue weighted by Crippen LogP contribution is 2.22. The van der Waals surface area contributed by atoms with Crippen molar-refractivity contribution in [2.75, 3.05) is 32.7 Å². The fourth-order valence-electron chi connectivity index (χ4n) is 3.79. The topological polar surface area (TPSA) is 74.9 Å². The third-order valence-electron chi connectivity index (χ3n) is 5.60. The van der Waals surface area contributed by atoms with E-state index in [2.05, 4.69) is 24.7 Å². The molecule has 1 fully saturated rings. The molecule has 4 rings (SSSR count). The molecule has 1 aliphatic heterocycles. The van der Waals surface area contributed by atoms with E-state index in [0.29, 0.717) is 30.4 Å². The molecule has 1 unspecified atom stereocenters. The Kier molecular flexibility index (Phi) is 7.09. The third kappa shape index (κ3) is 5.67. The highest BCUT2D eigenvalue weighted by molar-refractivity contribution is 5.58. The standard InChI is InChI=1S/C23H26F2N4O3/c1-16-4-2-3-5-19(16)22-26-21(32-27-22)15-29-12-10-28(11-13-29)14-20(30)17-6-8-18(9-7-17)31-23(24)25/h2-9,20,23,30H,10-15H2,1H3. The van der Waals surface area contributed by atoms with Crippen molar-refractivity contribution in [3.63, 3.8) is 0 Å². The zero-order valence-electron chi connectivity index (χ0n) is 17.8. The summed E-state index contributed by atoms with van der Waals surface area (Å²) in [5.74, 6) is 1.27. The molecule has 1 atom stereocenters. The van der Waals surface area contributed by atoms with E-state index in [0.717, 1.165) is 37.3 Å². The van der Waals surface area contributed by atoms with Crippen molar-refractivity contribution in [3.05, 3.63) is 65.5 Å². The van der Waals surface area contributed by atoms with E-state index in [1.54, 1.807) is 12.1 Å². The Hall–Kier alpha value is -2.88. The number of nitrogens with zero attached hydrogens (tertiary/aromatic N) is 4. The minimum absolute atomic E-state index is 0.0798. The first-order valence-electron chi connectivity index (χ1n) is 10.5. The summed E-state index contributed by atoms with van der Waals surface area (Å²) < 4.78 is 34.3. The quantitative estimate of drug-likeness (QED) is 0.570. The van der Waals surface area contributed by atoms with Crippen LogP contribution in [0.4, 0.5) is 8.78 Å². The van der Waals surface area contributed by atoms with Gasteiger partial charge in [0.1, 0.15) is 5.75 Å². The number of aliphatic hydroxyl groups excluding tert-OH is 1. The Balaban J connectivity index is 1.25. The van der Waals surface area contributed by atoms with Crippen molar-refractivity contribution in [2.24, 2.45) is 0 Å². The Labute approximate surface area is 185 Å². The van der Waals surface area contributed by atoms with Gasteiger partial charge in [0, 0.05) is 38.3 Å². The maximum Gasteiger partial charge on any atom is 0.387 e. The summed E-state index contributed by atoms with van der Waals surface area (Å²) in [6.07, 6.45) is -0.699. The summed E-state index contributed by atoms with van der Waals surface area (Å²) in [4.78, 5) is 8.96. The van der Waals surface area contributed by atoms with Gasteiger partial charge in [-0.15, -0.1) is 0 Å². The van der Waals surface area contributed by atoms with Crippen LogP contribution in [0.15, 0.2) is 53.1 Å². The van der Waals surface area contributed by atoms with Crippen LogP contribution < -0.4 is 4.74 Å². The van der Waals surface area contributed by atoms with E-state index < -0.39 is 12.7 Å². The van der Waals surface area contributed by atoms with E-state index in [9.17, 15) is 13.9 Å². The lowest BCUT2D eigenvalue weighted by atomic mass is 10.1. The molecule has 32 heavy (non-hydrogen) atoms. The molecule has 7 nitrogen and oxygen atoms in total. The van der Waals surface area contributed by atoms with Crippen LogP contribution in [-0.4, -0.2) is 64.4 Å². The number of piperazine rings is 1. The molecule has 2 aromatic carbocycles. The van der Waals surface area contributed by atoms with Gasteiger partial charge in [-0.2, -0.15) is 13.8 Å². The van der Waals surface area contributed by atoms with Gasteiger partial charge in [-0.25, -0.2) is 0 Å². The average Bonchev–Trinajstić information content (AvgIpc) is 3.23. The predicted octanol–water partition coefficient (Wildman–Crippen LogP) is 3.50. The Morgan fingerprint density at radius 1 is 1.03 bits per heavy atom. The molecule has 0 amide bonds. The van der Waals surface area contributed by atoms with Crippen LogP contribution in [-0.2, 0) is 6.54 Å². The summed E-state index contributed by atoms with van der Waals surface area (Å²) in [5.41, 5.74) is 2.74. The lowest BCUT2D eigenvalue weighted by Crippen LogP contribution is -2.47. The van der Waals surface area contributed by atoms with Gasteiger partial charge in [-0.05, 0) is 30.2 Å². The SMILES string of the molecule is Cc1ccccc1-c1noc(CN2CCN(CC(O)c3ccc(OC(F)F)cc3)CC2)n1. The molecule has 1 saturated heterocycles. The van der Waals surface area contributed by atoms with E-state index in [-0.39, 0.29) is 5.75 Å². The lowest BCUT2D eigenvalue weighted by molar-refractivity contribution is -0.0498. The fourth-order valence-corrected chi connectivity index (χ4v) is 3.79. The summed E-state index contributed by atoms with van der Waals surface area (Å²) in [7, 11) is 0. The van der Waals surface area contributed by atoms with Crippen LogP contribution in [0.2, 0.25) is 0 Å². The van der Waals surface area contributed by atoms with E-state index in [1.165, 1.54) is 12.1 Å². The number of aliphatic hydroxyl groups is 1. The zero-order valence-corrected chi connectivity index (χ0v) is 17.8. The van der Waals surface area contributed by atoms with Gasteiger partial charge in [0.2, 0.25) is 11.7 Å². The van der Waals surface area contributed by atoms with Crippen molar-refractivity contribution in [1.29, 1.82) is 0 Å². The van der Waals surface area contributed by atoms with E-state index in [4.69, 9.17) is 4.52 Å². The van der Waals surface area contributed by atoms with E-state index >= 15 is 0 Å². The number of hydrogen-bond donors (Lipinski definition) is 1. The number of aryl methyl sites for hydroxylation is 1. The van der Waals surface area contributed by atoms with Gasteiger partial charge in [-0.3, -0.25) is 9.80 Å². The van der Waals surface area contributed by atoms with Gasteiger partial charge in [0.25, 0.3) is 0 Å². The summed E-state index contributed by atoms with van der Waals surface area (Å²) in [6, 6.07) is 14.0. The highest BCUT2D eigenvalue weighted by atomic mass is 19.3. The van der Waals surface area contributed by atoms with Gasteiger partial charge in [-0.1, -0.05) is 41.6 Å². The first-order chi connectivity index (χ1) is 15.5. The number of alkyl halides is 2. The Morgan fingerprint density at radius 2 is 1.72 bits per heavy atom. The average molecular weight is 444 g/mol. The van der Waals surface area contributed by atoms with Crippen LogP contribution in [0.3, 0.4) is 0 Å². The van der Waals surface area contributed by atoms with Gasteiger partial charge in [0.05, 0.1) is 12.6 Å². The Bertz CT molecular complexity index is 1000. The fraction of sp³-hybridized carbons (Fsp3) is 0.391. The summed E-state index contributed by atoms with van der Waals surface area (Å²) in [5, 5.41) is 14.6. The van der Waals surface area contributed by atoms with Crippen molar-refractivity contribution in [3.8, 4) is 17.1 Å². The maximum absolute atomic E-state index is 12.3. The largest absolute Gasteiger partial charge is 0.435 e. The summed E-state index contributed by atoms with van der Waals surface area (Å²) in [6.45, 7) is 3.44. The molecule has 1 N–H and O–H groups in total. The number of benzene rings is 2. The highest BCUT2D eigenvalue weighted by Gasteiger charge is 2.22. The van der Waals surface area contributed by atoms with Crippen LogP contribution in [0.5, 0.6) is 5.75 Å². The molecule has 0 bridgehead atoms. The number of halogens is 2. The first-order valence-corrected chi connectivity index (χ1v) is 10.5. The molecule has 0 radical (unpaired) electrons. The lowest BCUT2D eigenvalue weighted by Gasteiger charge is -2.34. The van der Waals surface area contributed by atoms with Gasteiger partial charge in [0.15, 0.2) is 0 Å². The second-order valence-corrected chi connectivity index (χ2v) is 7.87. The second kappa shape index (κ2) is 10.2. The monoisotopic (exact) mass is 444 g/mol. The number of aromatic nitrogens is 2. The minimum atomic E-state index is -2.86. The predicted molar refractivity (Wildman–Crippen MR) is 114 cm³/mol. The molecule has 9 heteroatoms. The van der Waals surface area contributed by atoms with Gasteiger partial charge < -0.3 is 14.4 Å². The van der Waals surface area contributed by atoms with Crippen molar-refractivity contribution >= 4 is 0 Å². The van der Waals surface area contributed by atoms with Crippen molar-refractivity contribution < 1.29 is 23.1 Å². The molecule has 0 spiro atoms. The molecular formula is C23H26F2N4O3. The van der Waals surface area contributed by atoms with Crippen molar-refractivity contribution in [2.45, 2.75) is 26.2 Å². The van der Waals surface area contributed by atoms with Gasteiger partial charge >= 0.3 is 6.61 Å². The van der Waals surface area contributed by atoms with Crippen LogP contribution in [0, 0.1) is 6.92 Å². The minimum Gasteiger partial charge on any atom is -0.435 e. The molecular weight excluding hydrogens is 418 g/mol. The normalized spacial score (nSPS) is 16.4.